The third-order valence-electron chi connectivity index (χ3n) is 2.66. The standard InChI is InChI=1S/C13H12N4O3/c1-8-14-13(17-16-8)15-12(18)5-3-9-2-4-10-11(6-9)20-7-19-10/h2-6H,7H2,1H3,(H2,14,15,16,17,18)/b5-3-. The molecule has 2 N–H and O–H groups in total. The lowest BCUT2D eigenvalue weighted by Crippen LogP contribution is -2.09. The minimum Gasteiger partial charge on any atom is -0.454 e. The van der Waals surface area contributed by atoms with Gasteiger partial charge in [0.15, 0.2) is 11.5 Å². The zero-order valence-corrected chi connectivity index (χ0v) is 10.7. The van der Waals surface area contributed by atoms with Crippen molar-refractivity contribution in [2.45, 2.75) is 6.92 Å². The first-order valence-corrected chi connectivity index (χ1v) is 5.98. The topological polar surface area (TPSA) is 89.1 Å². The third kappa shape index (κ3) is 2.61. The summed E-state index contributed by atoms with van der Waals surface area (Å²) in [5, 5.41) is 9.02. The fourth-order valence-corrected chi connectivity index (χ4v) is 1.74. The smallest absolute Gasteiger partial charge is 0.250 e. The van der Waals surface area contributed by atoms with Gasteiger partial charge in [0, 0.05) is 6.08 Å². The van der Waals surface area contributed by atoms with Crippen LogP contribution in [0.5, 0.6) is 11.5 Å². The van der Waals surface area contributed by atoms with Gasteiger partial charge in [-0.2, -0.15) is 4.98 Å². The molecular weight excluding hydrogens is 260 g/mol. The van der Waals surface area contributed by atoms with Crippen molar-refractivity contribution in [3.8, 4) is 11.5 Å². The number of nitrogens with zero attached hydrogens (tertiary/aromatic N) is 2. The lowest BCUT2D eigenvalue weighted by atomic mass is 10.2. The number of nitrogens with one attached hydrogen (secondary N) is 2. The van der Waals surface area contributed by atoms with Gasteiger partial charge in [0.25, 0.3) is 5.91 Å². The number of hydrogen-bond acceptors (Lipinski definition) is 5. The molecule has 0 unspecified atom stereocenters. The monoisotopic (exact) mass is 272 g/mol. The van der Waals surface area contributed by atoms with Crippen molar-refractivity contribution in [3.05, 3.63) is 35.7 Å². The number of anilines is 1. The number of aromatic nitrogens is 3. The molecule has 1 aliphatic rings. The molecule has 7 heteroatoms. The Morgan fingerprint density at radius 1 is 1.40 bits per heavy atom. The van der Waals surface area contributed by atoms with Crippen LogP contribution in [0.15, 0.2) is 24.3 Å². The van der Waals surface area contributed by atoms with Crippen molar-refractivity contribution in [3.63, 3.8) is 0 Å². The molecular formula is C13H12N4O3. The molecule has 0 radical (unpaired) electrons. The van der Waals surface area contributed by atoms with Crippen LogP contribution in [-0.4, -0.2) is 27.9 Å². The fourth-order valence-electron chi connectivity index (χ4n) is 1.74. The molecule has 0 fully saturated rings. The van der Waals surface area contributed by atoms with Crippen molar-refractivity contribution in [2.75, 3.05) is 12.1 Å². The van der Waals surface area contributed by atoms with E-state index in [1.165, 1.54) is 6.08 Å². The van der Waals surface area contributed by atoms with Gasteiger partial charge in [-0.1, -0.05) is 6.07 Å². The highest BCUT2D eigenvalue weighted by Gasteiger charge is 2.12. The highest BCUT2D eigenvalue weighted by molar-refractivity contribution is 6.00. The summed E-state index contributed by atoms with van der Waals surface area (Å²) in [7, 11) is 0. The summed E-state index contributed by atoms with van der Waals surface area (Å²) < 4.78 is 10.5. The Labute approximate surface area is 114 Å². The molecule has 0 saturated heterocycles. The molecule has 0 atom stereocenters. The Morgan fingerprint density at radius 2 is 2.25 bits per heavy atom. The van der Waals surface area contributed by atoms with Crippen LogP contribution in [0, 0.1) is 6.92 Å². The molecule has 0 saturated carbocycles. The highest BCUT2D eigenvalue weighted by Crippen LogP contribution is 2.32. The molecule has 1 aliphatic heterocycles. The van der Waals surface area contributed by atoms with E-state index in [0.717, 1.165) is 5.56 Å². The highest BCUT2D eigenvalue weighted by atomic mass is 16.7. The number of hydrogen-bond donors (Lipinski definition) is 2. The van der Waals surface area contributed by atoms with Gasteiger partial charge in [-0.15, -0.1) is 5.10 Å². The number of H-pyrrole nitrogens is 1. The van der Waals surface area contributed by atoms with Gasteiger partial charge in [0.1, 0.15) is 5.82 Å². The molecule has 0 aliphatic carbocycles. The number of carbonyl (C=O) groups excluding carboxylic acids is 1. The van der Waals surface area contributed by atoms with E-state index in [0.29, 0.717) is 17.3 Å². The molecule has 0 spiro atoms. The maximum absolute atomic E-state index is 11.7. The number of aryl methyl sites for hydroxylation is 1. The summed E-state index contributed by atoms with van der Waals surface area (Å²) in [5.41, 5.74) is 0.843. The van der Waals surface area contributed by atoms with Gasteiger partial charge in [0.2, 0.25) is 12.7 Å². The summed E-state index contributed by atoms with van der Waals surface area (Å²) >= 11 is 0. The Morgan fingerprint density at radius 3 is 3.05 bits per heavy atom. The van der Waals surface area contributed by atoms with E-state index in [1.807, 2.05) is 12.1 Å². The number of amides is 1. The molecule has 7 nitrogen and oxygen atoms in total. The number of fused-ring (bicyclic) bond motifs is 1. The van der Waals surface area contributed by atoms with Crippen LogP contribution in [0.2, 0.25) is 0 Å². The second-order valence-corrected chi connectivity index (χ2v) is 4.18. The largest absolute Gasteiger partial charge is 0.454 e. The molecule has 2 heterocycles. The summed E-state index contributed by atoms with van der Waals surface area (Å²) in [4.78, 5) is 15.7. The van der Waals surface area contributed by atoms with E-state index in [4.69, 9.17) is 9.47 Å². The van der Waals surface area contributed by atoms with Crippen LogP contribution in [0.4, 0.5) is 5.95 Å². The predicted molar refractivity (Wildman–Crippen MR) is 71.3 cm³/mol. The SMILES string of the molecule is Cc1nc(NC(=O)/C=C\c2ccc3c(c2)OCO3)n[nH]1. The Balaban J connectivity index is 1.66. The van der Waals surface area contributed by atoms with Crippen LogP contribution < -0.4 is 14.8 Å². The zero-order valence-electron chi connectivity index (χ0n) is 10.7. The summed E-state index contributed by atoms with van der Waals surface area (Å²) in [6.07, 6.45) is 3.08. The summed E-state index contributed by atoms with van der Waals surface area (Å²) in [6.45, 7) is 1.98. The van der Waals surface area contributed by atoms with Gasteiger partial charge >= 0.3 is 0 Å². The number of benzene rings is 1. The number of carbonyl (C=O) groups is 1. The second-order valence-electron chi connectivity index (χ2n) is 4.18. The second kappa shape index (κ2) is 5.04. The Bertz CT molecular complexity index is 678. The maximum atomic E-state index is 11.7. The molecule has 1 aromatic carbocycles. The fraction of sp³-hybridized carbons (Fsp3) is 0.154. The van der Waals surface area contributed by atoms with Gasteiger partial charge < -0.3 is 9.47 Å². The van der Waals surface area contributed by atoms with Crippen molar-refractivity contribution >= 4 is 17.9 Å². The van der Waals surface area contributed by atoms with Gasteiger partial charge in [-0.05, 0) is 30.7 Å². The van der Waals surface area contributed by atoms with Gasteiger partial charge in [-0.3, -0.25) is 15.2 Å². The van der Waals surface area contributed by atoms with E-state index in [2.05, 4.69) is 20.5 Å². The van der Waals surface area contributed by atoms with Crippen LogP contribution in [0.3, 0.4) is 0 Å². The van der Waals surface area contributed by atoms with Crippen LogP contribution in [0.1, 0.15) is 11.4 Å². The van der Waals surface area contributed by atoms with E-state index >= 15 is 0 Å². The van der Waals surface area contributed by atoms with E-state index in [1.54, 1.807) is 19.1 Å². The zero-order chi connectivity index (χ0) is 13.9. The minimum absolute atomic E-state index is 0.229. The minimum atomic E-state index is -0.304. The molecule has 0 bridgehead atoms. The van der Waals surface area contributed by atoms with Gasteiger partial charge in [0.05, 0.1) is 0 Å². The normalized spacial score (nSPS) is 12.8. The predicted octanol–water partition coefficient (Wildman–Crippen LogP) is 1.49. The van der Waals surface area contributed by atoms with Crippen molar-refractivity contribution in [2.24, 2.45) is 0 Å². The van der Waals surface area contributed by atoms with Crippen molar-refractivity contribution in [1.82, 2.24) is 15.2 Å². The average molecular weight is 272 g/mol. The van der Waals surface area contributed by atoms with Crippen LogP contribution >= 0.6 is 0 Å². The van der Waals surface area contributed by atoms with E-state index in [-0.39, 0.29) is 18.6 Å². The molecule has 3 rings (SSSR count). The molecule has 1 aromatic heterocycles. The Kier molecular flexibility index (Phi) is 3.08. The maximum Gasteiger partial charge on any atom is 0.250 e. The van der Waals surface area contributed by atoms with E-state index in [9.17, 15) is 4.79 Å². The lowest BCUT2D eigenvalue weighted by molar-refractivity contribution is -0.111. The van der Waals surface area contributed by atoms with Crippen molar-refractivity contribution < 1.29 is 14.3 Å². The Hall–Kier alpha value is -2.83. The third-order valence-corrected chi connectivity index (χ3v) is 2.66. The van der Waals surface area contributed by atoms with Crippen molar-refractivity contribution in [1.29, 1.82) is 0 Å². The number of rotatable bonds is 3. The number of ether oxygens (including phenoxy) is 2. The van der Waals surface area contributed by atoms with Gasteiger partial charge in [-0.25, -0.2) is 0 Å². The van der Waals surface area contributed by atoms with E-state index < -0.39 is 0 Å². The first-order chi connectivity index (χ1) is 9.70. The molecule has 2 aromatic rings. The van der Waals surface area contributed by atoms with Crippen LogP contribution in [-0.2, 0) is 4.79 Å². The molecule has 102 valence electrons. The van der Waals surface area contributed by atoms with Crippen LogP contribution in [0.25, 0.3) is 6.08 Å². The number of aromatic amines is 1. The molecule has 1 amide bonds. The quantitative estimate of drug-likeness (QED) is 0.826. The first kappa shape index (κ1) is 12.2. The lowest BCUT2D eigenvalue weighted by Gasteiger charge is -1.98. The average Bonchev–Trinajstić information content (AvgIpc) is 3.04. The molecule has 20 heavy (non-hydrogen) atoms. The summed E-state index contributed by atoms with van der Waals surface area (Å²) in [6, 6.07) is 5.45. The first-order valence-electron chi connectivity index (χ1n) is 5.98. The summed E-state index contributed by atoms with van der Waals surface area (Å²) in [5.74, 6) is 1.98.